The molecule has 28 heavy (non-hydrogen) atoms. The van der Waals surface area contributed by atoms with Gasteiger partial charge in [-0.05, 0) is 42.7 Å². The van der Waals surface area contributed by atoms with Gasteiger partial charge >= 0.3 is 0 Å². The Kier molecular flexibility index (Phi) is 4.06. The number of thioether (sulfide) groups is 1. The van der Waals surface area contributed by atoms with E-state index in [2.05, 4.69) is 37.0 Å². The molecule has 0 spiro atoms. The summed E-state index contributed by atoms with van der Waals surface area (Å²) in [5.41, 5.74) is 4.75. The summed E-state index contributed by atoms with van der Waals surface area (Å²) in [6.45, 7) is 7.77. The van der Waals surface area contributed by atoms with Crippen LogP contribution in [-0.2, 0) is 16.6 Å². The zero-order valence-electron chi connectivity index (χ0n) is 16.7. The second-order valence-corrected chi connectivity index (χ2v) is 9.98. The SMILES string of the molecule is CC12CCC(c3nnc(SCC(=O)N4CCCc5ccccc54)nc31)C2(C)C. The third-order valence-corrected chi connectivity index (χ3v) is 8.33. The number of hydrogen-bond donors (Lipinski definition) is 0. The number of rotatable bonds is 3. The molecule has 0 saturated heterocycles. The van der Waals surface area contributed by atoms with E-state index >= 15 is 0 Å². The molecule has 2 aromatic rings. The molecule has 1 amide bonds. The number of amides is 1. The minimum absolute atomic E-state index is 0.0636. The number of aromatic nitrogens is 3. The van der Waals surface area contributed by atoms with Gasteiger partial charge in [-0.3, -0.25) is 4.79 Å². The molecule has 0 N–H and O–H groups in total. The van der Waals surface area contributed by atoms with Gasteiger partial charge in [-0.2, -0.15) is 5.10 Å². The standard InChI is InChI=1S/C22H26N4OS/c1-21(2)15-10-11-22(21,3)19-18(15)24-25-20(23-19)28-13-17(27)26-12-6-8-14-7-4-5-9-16(14)26/h4-5,7,9,15H,6,8,10-13H2,1-3H3. The molecule has 146 valence electrons. The molecular weight excluding hydrogens is 368 g/mol. The number of nitrogens with zero attached hydrogens (tertiary/aromatic N) is 4. The van der Waals surface area contributed by atoms with Gasteiger partial charge in [-0.15, -0.1) is 5.10 Å². The Bertz CT molecular complexity index is 959. The lowest BCUT2D eigenvalue weighted by Crippen LogP contribution is -2.36. The van der Waals surface area contributed by atoms with E-state index in [0.717, 1.165) is 42.9 Å². The van der Waals surface area contributed by atoms with Crippen molar-refractivity contribution in [1.82, 2.24) is 15.2 Å². The summed E-state index contributed by atoms with van der Waals surface area (Å²) in [6, 6.07) is 8.21. The zero-order chi connectivity index (χ0) is 19.5. The van der Waals surface area contributed by atoms with Crippen molar-refractivity contribution in [3.05, 3.63) is 41.2 Å². The number of anilines is 1. The second kappa shape index (κ2) is 6.28. The lowest BCUT2D eigenvalue weighted by atomic mass is 9.70. The number of para-hydroxylation sites is 1. The molecule has 2 atom stereocenters. The smallest absolute Gasteiger partial charge is 0.237 e. The third kappa shape index (κ3) is 2.46. The van der Waals surface area contributed by atoms with Gasteiger partial charge in [-0.25, -0.2) is 4.98 Å². The number of carbonyl (C=O) groups is 1. The highest BCUT2D eigenvalue weighted by atomic mass is 32.2. The van der Waals surface area contributed by atoms with Gasteiger partial charge in [0.05, 0.1) is 17.1 Å². The average Bonchev–Trinajstić information content (AvgIpc) is 3.04. The van der Waals surface area contributed by atoms with Crippen LogP contribution < -0.4 is 4.90 Å². The topological polar surface area (TPSA) is 59.0 Å². The molecule has 6 heteroatoms. The highest BCUT2D eigenvalue weighted by Gasteiger charge is 2.61. The Morgan fingerprint density at radius 2 is 2.07 bits per heavy atom. The van der Waals surface area contributed by atoms with Gasteiger partial charge < -0.3 is 4.90 Å². The van der Waals surface area contributed by atoms with Crippen LogP contribution in [0.1, 0.15) is 62.9 Å². The first-order valence-electron chi connectivity index (χ1n) is 10.2. The van der Waals surface area contributed by atoms with Crippen molar-refractivity contribution < 1.29 is 4.79 Å². The van der Waals surface area contributed by atoms with Crippen molar-refractivity contribution in [2.45, 2.75) is 62.9 Å². The third-order valence-electron chi connectivity index (χ3n) is 7.51. The van der Waals surface area contributed by atoms with Gasteiger partial charge in [0.15, 0.2) is 0 Å². The van der Waals surface area contributed by atoms with Gasteiger partial charge in [0.25, 0.3) is 0 Å². The molecule has 2 heterocycles. The first-order chi connectivity index (χ1) is 13.4. The minimum atomic E-state index is 0.0636. The summed E-state index contributed by atoms with van der Waals surface area (Å²) in [6.07, 6.45) is 4.38. The van der Waals surface area contributed by atoms with Crippen LogP contribution in [0, 0.1) is 5.41 Å². The van der Waals surface area contributed by atoms with Gasteiger partial charge in [0.2, 0.25) is 11.1 Å². The lowest BCUT2D eigenvalue weighted by Gasteiger charge is -2.34. The second-order valence-electron chi connectivity index (χ2n) is 9.04. The van der Waals surface area contributed by atoms with E-state index in [-0.39, 0.29) is 16.7 Å². The fourth-order valence-corrected chi connectivity index (χ4v) is 6.08. The monoisotopic (exact) mass is 394 g/mol. The van der Waals surface area contributed by atoms with E-state index < -0.39 is 0 Å². The lowest BCUT2D eigenvalue weighted by molar-refractivity contribution is -0.116. The Morgan fingerprint density at radius 3 is 2.93 bits per heavy atom. The molecule has 5 rings (SSSR count). The number of hydrogen-bond acceptors (Lipinski definition) is 5. The van der Waals surface area contributed by atoms with Crippen molar-refractivity contribution in [3.8, 4) is 0 Å². The van der Waals surface area contributed by atoms with Crippen LogP contribution in [0.2, 0.25) is 0 Å². The van der Waals surface area contributed by atoms with E-state index in [4.69, 9.17) is 4.98 Å². The quantitative estimate of drug-likeness (QED) is 0.733. The van der Waals surface area contributed by atoms with E-state index in [0.29, 0.717) is 16.8 Å². The van der Waals surface area contributed by atoms with Crippen LogP contribution in [0.4, 0.5) is 5.69 Å². The first-order valence-corrected chi connectivity index (χ1v) is 11.2. The normalized spacial score (nSPS) is 26.8. The number of carbonyl (C=O) groups excluding carboxylic acids is 1. The van der Waals surface area contributed by atoms with Gasteiger partial charge in [-0.1, -0.05) is 50.7 Å². The van der Waals surface area contributed by atoms with Crippen molar-refractivity contribution in [2.75, 3.05) is 17.2 Å². The molecule has 2 aliphatic carbocycles. The fourth-order valence-electron chi connectivity index (χ4n) is 5.42. The highest BCUT2D eigenvalue weighted by molar-refractivity contribution is 7.99. The van der Waals surface area contributed by atoms with E-state index in [9.17, 15) is 4.79 Å². The number of fused-ring (bicyclic) bond motifs is 6. The molecule has 3 aliphatic rings. The van der Waals surface area contributed by atoms with Crippen molar-refractivity contribution in [1.29, 1.82) is 0 Å². The Hall–Kier alpha value is -1.95. The predicted octanol–water partition coefficient (Wildman–Crippen LogP) is 4.12. The molecule has 1 fully saturated rings. The van der Waals surface area contributed by atoms with Crippen LogP contribution in [-0.4, -0.2) is 33.4 Å². The zero-order valence-corrected chi connectivity index (χ0v) is 17.6. The van der Waals surface area contributed by atoms with Crippen LogP contribution in [0.3, 0.4) is 0 Å². The molecule has 2 unspecified atom stereocenters. The van der Waals surface area contributed by atoms with E-state index in [1.165, 1.54) is 23.7 Å². The average molecular weight is 395 g/mol. The molecular formula is C22H26N4OS. The Balaban J connectivity index is 1.34. The molecule has 2 bridgehead atoms. The summed E-state index contributed by atoms with van der Waals surface area (Å²) in [4.78, 5) is 19.7. The number of benzene rings is 1. The van der Waals surface area contributed by atoms with Crippen LogP contribution in [0.5, 0.6) is 0 Å². The van der Waals surface area contributed by atoms with E-state index in [1.54, 1.807) is 0 Å². The molecule has 1 aromatic heterocycles. The predicted molar refractivity (Wildman–Crippen MR) is 111 cm³/mol. The molecule has 0 radical (unpaired) electrons. The Morgan fingerprint density at radius 1 is 1.25 bits per heavy atom. The van der Waals surface area contributed by atoms with Crippen LogP contribution in [0.25, 0.3) is 0 Å². The number of aryl methyl sites for hydroxylation is 1. The van der Waals surface area contributed by atoms with Crippen molar-refractivity contribution in [3.63, 3.8) is 0 Å². The summed E-state index contributed by atoms with van der Waals surface area (Å²) in [5, 5.41) is 9.54. The highest BCUT2D eigenvalue weighted by Crippen LogP contribution is 2.66. The molecule has 1 aliphatic heterocycles. The minimum Gasteiger partial charge on any atom is -0.311 e. The van der Waals surface area contributed by atoms with Crippen molar-refractivity contribution in [2.24, 2.45) is 5.41 Å². The fraction of sp³-hybridized carbons (Fsp3) is 0.545. The van der Waals surface area contributed by atoms with Gasteiger partial charge in [0.1, 0.15) is 0 Å². The molecule has 1 aromatic carbocycles. The van der Waals surface area contributed by atoms with E-state index in [1.807, 2.05) is 23.1 Å². The first kappa shape index (κ1) is 18.1. The summed E-state index contributed by atoms with van der Waals surface area (Å²) < 4.78 is 0. The summed E-state index contributed by atoms with van der Waals surface area (Å²) in [7, 11) is 0. The van der Waals surface area contributed by atoms with Crippen LogP contribution >= 0.6 is 11.8 Å². The maximum absolute atomic E-state index is 12.9. The van der Waals surface area contributed by atoms with Crippen LogP contribution in [0.15, 0.2) is 29.4 Å². The summed E-state index contributed by atoms with van der Waals surface area (Å²) >= 11 is 1.41. The molecule has 5 nitrogen and oxygen atoms in total. The Labute approximate surface area is 170 Å². The summed E-state index contributed by atoms with van der Waals surface area (Å²) in [5.74, 6) is 0.922. The largest absolute Gasteiger partial charge is 0.311 e. The molecule has 1 saturated carbocycles. The maximum atomic E-state index is 12.9. The maximum Gasteiger partial charge on any atom is 0.237 e. The van der Waals surface area contributed by atoms with Gasteiger partial charge in [0, 0.05) is 23.6 Å². The van der Waals surface area contributed by atoms with Crippen molar-refractivity contribution >= 4 is 23.4 Å².